The smallest absolute Gasteiger partial charge is 0.251 e. The second-order valence-electron chi connectivity index (χ2n) is 7.50. The molecular weight excluding hydrogens is 402 g/mol. The molecule has 0 radical (unpaired) electrons. The Hall–Kier alpha value is -2.58. The summed E-state index contributed by atoms with van der Waals surface area (Å²) in [5.74, 6) is 0.518. The van der Waals surface area contributed by atoms with Crippen LogP contribution in [0.5, 0.6) is 5.75 Å². The van der Waals surface area contributed by atoms with Gasteiger partial charge in [0.2, 0.25) is 10.0 Å². The van der Waals surface area contributed by atoms with Crippen LogP contribution in [0.25, 0.3) is 0 Å². The van der Waals surface area contributed by atoms with E-state index in [0.29, 0.717) is 43.9 Å². The molecule has 8 heteroatoms. The van der Waals surface area contributed by atoms with Crippen LogP contribution >= 0.6 is 0 Å². The SMILES string of the molecule is CCOc1ccc(S(=O)(=O)N2CCC(NC(=O)c3ccc(N(C)C)cc3)CC2)cc1. The zero-order chi connectivity index (χ0) is 21.7. The minimum absolute atomic E-state index is 0.0437. The lowest BCUT2D eigenvalue weighted by Gasteiger charge is -2.31. The first-order valence-electron chi connectivity index (χ1n) is 10.1. The molecule has 0 unspecified atom stereocenters. The standard InChI is InChI=1S/C22H29N3O4S/c1-4-29-20-9-11-21(12-10-20)30(27,28)25-15-13-18(14-16-25)23-22(26)17-5-7-19(8-6-17)24(2)3/h5-12,18H,4,13-16H2,1-3H3,(H,23,26). The molecule has 162 valence electrons. The van der Waals surface area contributed by atoms with Gasteiger partial charge in [-0.05, 0) is 68.3 Å². The Balaban J connectivity index is 1.56. The van der Waals surface area contributed by atoms with Gasteiger partial charge in [0.15, 0.2) is 0 Å². The topological polar surface area (TPSA) is 79.0 Å². The van der Waals surface area contributed by atoms with Gasteiger partial charge in [-0.1, -0.05) is 0 Å². The summed E-state index contributed by atoms with van der Waals surface area (Å²) < 4.78 is 32.6. The van der Waals surface area contributed by atoms with E-state index in [0.717, 1.165) is 5.69 Å². The first-order valence-corrected chi connectivity index (χ1v) is 11.6. The van der Waals surface area contributed by atoms with Crippen molar-refractivity contribution < 1.29 is 17.9 Å². The number of ether oxygens (including phenoxy) is 1. The molecule has 3 rings (SSSR count). The number of sulfonamides is 1. The molecule has 1 saturated heterocycles. The number of nitrogens with zero attached hydrogens (tertiary/aromatic N) is 2. The highest BCUT2D eigenvalue weighted by Crippen LogP contribution is 2.23. The van der Waals surface area contributed by atoms with E-state index >= 15 is 0 Å². The lowest BCUT2D eigenvalue weighted by molar-refractivity contribution is 0.0924. The van der Waals surface area contributed by atoms with Gasteiger partial charge < -0.3 is 15.0 Å². The van der Waals surface area contributed by atoms with Crippen molar-refractivity contribution >= 4 is 21.6 Å². The van der Waals surface area contributed by atoms with E-state index in [9.17, 15) is 13.2 Å². The van der Waals surface area contributed by atoms with Crippen LogP contribution in [-0.2, 0) is 10.0 Å². The van der Waals surface area contributed by atoms with Crippen molar-refractivity contribution in [1.82, 2.24) is 9.62 Å². The third kappa shape index (κ3) is 5.12. The number of hydrogen-bond donors (Lipinski definition) is 1. The highest BCUT2D eigenvalue weighted by atomic mass is 32.2. The number of carbonyl (C=O) groups excluding carboxylic acids is 1. The number of benzene rings is 2. The minimum Gasteiger partial charge on any atom is -0.494 e. The Labute approximate surface area is 178 Å². The molecule has 1 fully saturated rings. The summed E-state index contributed by atoms with van der Waals surface area (Å²) in [6, 6.07) is 13.9. The molecule has 1 N–H and O–H groups in total. The number of hydrogen-bond acceptors (Lipinski definition) is 5. The fourth-order valence-corrected chi connectivity index (χ4v) is 4.91. The number of carbonyl (C=O) groups is 1. The van der Waals surface area contributed by atoms with E-state index in [-0.39, 0.29) is 16.8 Å². The van der Waals surface area contributed by atoms with E-state index in [1.54, 1.807) is 36.4 Å². The van der Waals surface area contributed by atoms with E-state index in [1.807, 2.05) is 38.1 Å². The third-order valence-corrected chi connectivity index (χ3v) is 7.12. The predicted molar refractivity (Wildman–Crippen MR) is 118 cm³/mol. The number of nitrogens with one attached hydrogen (secondary N) is 1. The van der Waals surface area contributed by atoms with Crippen LogP contribution in [-0.4, -0.2) is 58.5 Å². The van der Waals surface area contributed by atoms with Gasteiger partial charge in [0, 0.05) is 44.5 Å². The molecule has 30 heavy (non-hydrogen) atoms. The molecule has 1 heterocycles. The Kier molecular flexibility index (Phi) is 6.99. The van der Waals surface area contributed by atoms with Gasteiger partial charge >= 0.3 is 0 Å². The zero-order valence-electron chi connectivity index (χ0n) is 17.7. The summed E-state index contributed by atoms with van der Waals surface area (Å²) >= 11 is 0. The molecule has 2 aromatic rings. The number of piperidine rings is 1. The fraction of sp³-hybridized carbons (Fsp3) is 0.409. The Bertz CT molecular complexity index is 949. The maximum atomic E-state index is 12.9. The van der Waals surface area contributed by atoms with Crippen LogP contribution in [0.1, 0.15) is 30.1 Å². The summed E-state index contributed by atoms with van der Waals surface area (Å²) in [6.07, 6.45) is 1.16. The lowest BCUT2D eigenvalue weighted by atomic mass is 10.1. The summed E-state index contributed by atoms with van der Waals surface area (Å²) in [4.78, 5) is 14.7. The quantitative estimate of drug-likeness (QED) is 0.729. The van der Waals surface area contributed by atoms with Crippen molar-refractivity contribution in [2.45, 2.75) is 30.7 Å². The average Bonchev–Trinajstić information content (AvgIpc) is 2.75. The highest BCUT2D eigenvalue weighted by molar-refractivity contribution is 7.89. The molecule has 7 nitrogen and oxygen atoms in total. The zero-order valence-corrected chi connectivity index (χ0v) is 18.5. The van der Waals surface area contributed by atoms with Gasteiger partial charge in [0.05, 0.1) is 11.5 Å². The van der Waals surface area contributed by atoms with E-state index in [2.05, 4.69) is 5.32 Å². The molecule has 1 aliphatic rings. The van der Waals surface area contributed by atoms with Gasteiger partial charge in [0.25, 0.3) is 5.91 Å². The fourth-order valence-electron chi connectivity index (χ4n) is 3.44. The summed E-state index contributed by atoms with van der Waals surface area (Å²) in [5, 5.41) is 3.03. The molecular formula is C22H29N3O4S. The van der Waals surface area contributed by atoms with Gasteiger partial charge in [-0.2, -0.15) is 4.31 Å². The predicted octanol–water partition coefficient (Wildman–Crippen LogP) is 2.73. The highest BCUT2D eigenvalue weighted by Gasteiger charge is 2.30. The summed E-state index contributed by atoms with van der Waals surface area (Å²) in [7, 11) is 0.347. The molecule has 1 aliphatic heterocycles. The molecule has 0 saturated carbocycles. The molecule has 0 aromatic heterocycles. The van der Waals surface area contributed by atoms with E-state index in [1.165, 1.54) is 4.31 Å². The molecule has 1 amide bonds. The van der Waals surface area contributed by atoms with Crippen molar-refractivity contribution in [3.05, 3.63) is 54.1 Å². The normalized spacial score (nSPS) is 15.6. The molecule has 0 atom stereocenters. The first-order chi connectivity index (χ1) is 14.3. The Morgan fingerprint density at radius 3 is 2.20 bits per heavy atom. The van der Waals surface area contributed by atoms with Gasteiger partial charge in [-0.25, -0.2) is 8.42 Å². The van der Waals surface area contributed by atoms with Crippen LogP contribution in [0.2, 0.25) is 0 Å². The van der Waals surface area contributed by atoms with Crippen LogP contribution in [0.15, 0.2) is 53.4 Å². The van der Waals surface area contributed by atoms with Crippen molar-refractivity contribution in [2.75, 3.05) is 38.7 Å². The van der Waals surface area contributed by atoms with Crippen molar-refractivity contribution in [3.8, 4) is 5.75 Å². The van der Waals surface area contributed by atoms with Gasteiger partial charge in [0.1, 0.15) is 5.75 Å². The van der Waals surface area contributed by atoms with Crippen LogP contribution in [0.3, 0.4) is 0 Å². The number of rotatable bonds is 7. The van der Waals surface area contributed by atoms with E-state index < -0.39 is 10.0 Å². The van der Waals surface area contributed by atoms with Crippen molar-refractivity contribution in [2.24, 2.45) is 0 Å². The van der Waals surface area contributed by atoms with Crippen molar-refractivity contribution in [1.29, 1.82) is 0 Å². The monoisotopic (exact) mass is 431 g/mol. The van der Waals surface area contributed by atoms with Crippen LogP contribution in [0, 0.1) is 0 Å². The minimum atomic E-state index is -3.55. The second kappa shape index (κ2) is 9.49. The second-order valence-corrected chi connectivity index (χ2v) is 9.44. The Morgan fingerprint density at radius 2 is 1.67 bits per heavy atom. The average molecular weight is 432 g/mol. The van der Waals surface area contributed by atoms with Crippen LogP contribution in [0.4, 0.5) is 5.69 Å². The maximum Gasteiger partial charge on any atom is 0.251 e. The van der Waals surface area contributed by atoms with Crippen molar-refractivity contribution in [3.63, 3.8) is 0 Å². The number of anilines is 1. The van der Waals surface area contributed by atoms with Gasteiger partial charge in [-0.3, -0.25) is 4.79 Å². The molecule has 0 bridgehead atoms. The largest absolute Gasteiger partial charge is 0.494 e. The molecule has 0 spiro atoms. The maximum absolute atomic E-state index is 12.9. The van der Waals surface area contributed by atoms with E-state index in [4.69, 9.17) is 4.74 Å². The molecule has 2 aromatic carbocycles. The first kappa shape index (κ1) is 22.1. The van der Waals surface area contributed by atoms with Crippen LogP contribution < -0.4 is 15.0 Å². The summed E-state index contributed by atoms with van der Waals surface area (Å²) in [5.41, 5.74) is 1.63. The van der Waals surface area contributed by atoms with Gasteiger partial charge in [-0.15, -0.1) is 0 Å². The lowest BCUT2D eigenvalue weighted by Crippen LogP contribution is -2.46. The molecule has 0 aliphatic carbocycles. The summed E-state index contributed by atoms with van der Waals surface area (Å²) in [6.45, 7) is 3.16. The third-order valence-electron chi connectivity index (χ3n) is 5.21. The Morgan fingerprint density at radius 1 is 1.07 bits per heavy atom. The number of amides is 1.